The van der Waals surface area contributed by atoms with Gasteiger partial charge in [0.1, 0.15) is 11.0 Å². The zero-order chi connectivity index (χ0) is 18.4. The molecular formula is C17H25N3O4S. The largest absolute Gasteiger partial charge is 0.462 e. The Morgan fingerprint density at radius 1 is 1.32 bits per heavy atom. The Kier molecular flexibility index (Phi) is 7.07. The maximum absolute atomic E-state index is 12.4. The van der Waals surface area contributed by atoms with Crippen LogP contribution in [0.4, 0.5) is 5.00 Å². The van der Waals surface area contributed by atoms with Crippen LogP contribution in [0.3, 0.4) is 0 Å². The first kappa shape index (κ1) is 19.5. The lowest BCUT2D eigenvalue weighted by molar-refractivity contribution is -0.117. The van der Waals surface area contributed by atoms with E-state index in [9.17, 15) is 14.5 Å². The van der Waals surface area contributed by atoms with Crippen LogP contribution in [0.2, 0.25) is 0 Å². The van der Waals surface area contributed by atoms with Gasteiger partial charge >= 0.3 is 5.97 Å². The maximum atomic E-state index is 12.4. The van der Waals surface area contributed by atoms with Gasteiger partial charge in [0.2, 0.25) is 5.91 Å². The maximum Gasteiger partial charge on any atom is 0.341 e. The van der Waals surface area contributed by atoms with Crippen molar-refractivity contribution < 1.29 is 14.3 Å². The molecule has 0 saturated heterocycles. The molecule has 7 nitrogen and oxygen atoms in total. The normalized spacial score (nSPS) is 16.4. The van der Waals surface area contributed by atoms with Crippen molar-refractivity contribution in [1.82, 2.24) is 4.90 Å². The summed E-state index contributed by atoms with van der Waals surface area (Å²) in [5.74, 6) is -0.631. The number of amides is 1. The first-order valence-electron chi connectivity index (χ1n) is 8.72. The molecule has 0 bridgehead atoms. The highest BCUT2D eigenvalue weighted by molar-refractivity contribution is 7.17. The molecule has 1 unspecified atom stereocenters. The lowest BCUT2D eigenvalue weighted by Gasteiger charge is -2.17. The van der Waals surface area contributed by atoms with Crippen LogP contribution in [0.5, 0.6) is 0 Å². The number of nitrogens with one attached hydrogen (secondary N) is 1. The van der Waals surface area contributed by atoms with E-state index in [0.29, 0.717) is 23.4 Å². The molecule has 0 fully saturated rings. The van der Waals surface area contributed by atoms with Crippen LogP contribution in [-0.2, 0) is 16.0 Å². The van der Waals surface area contributed by atoms with Crippen LogP contribution < -0.4 is 5.32 Å². The average Bonchev–Trinajstić information content (AvgIpc) is 2.97. The van der Waals surface area contributed by atoms with Crippen molar-refractivity contribution in [3.8, 4) is 0 Å². The summed E-state index contributed by atoms with van der Waals surface area (Å²) in [6.45, 7) is 7.78. The van der Waals surface area contributed by atoms with Crippen molar-refractivity contribution in [2.24, 2.45) is 5.18 Å². The summed E-state index contributed by atoms with van der Waals surface area (Å²) in [6, 6.07) is -0.449. The van der Waals surface area contributed by atoms with Crippen molar-refractivity contribution in [1.29, 1.82) is 0 Å². The number of likely N-dealkylation sites (N-methyl/N-ethyl adjacent to an activating group) is 1. The van der Waals surface area contributed by atoms with Gasteiger partial charge < -0.3 is 10.1 Å². The van der Waals surface area contributed by atoms with E-state index in [2.05, 4.69) is 10.5 Å². The summed E-state index contributed by atoms with van der Waals surface area (Å²) in [5, 5.41) is 6.50. The first-order valence-corrected chi connectivity index (χ1v) is 9.54. The quantitative estimate of drug-likeness (QED) is 0.562. The fraction of sp³-hybridized carbons (Fsp3) is 0.647. The van der Waals surface area contributed by atoms with Crippen LogP contribution in [0.25, 0.3) is 0 Å². The molecular weight excluding hydrogens is 342 g/mol. The molecule has 1 N–H and O–H groups in total. The fourth-order valence-corrected chi connectivity index (χ4v) is 4.35. The number of fused-ring (bicyclic) bond motifs is 1. The van der Waals surface area contributed by atoms with Crippen LogP contribution in [-0.4, -0.2) is 43.0 Å². The van der Waals surface area contributed by atoms with Crippen LogP contribution in [0, 0.1) is 4.91 Å². The molecule has 1 aliphatic rings. The number of carbonyl (C=O) groups excluding carboxylic acids is 2. The van der Waals surface area contributed by atoms with E-state index in [1.54, 1.807) is 6.92 Å². The van der Waals surface area contributed by atoms with Gasteiger partial charge in [-0.3, -0.25) is 9.69 Å². The molecule has 1 aromatic heterocycles. The Hall–Kier alpha value is -1.80. The molecule has 1 aliphatic carbocycles. The summed E-state index contributed by atoms with van der Waals surface area (Å²) in [7, 11) is 0. The van der Waals surface area contributed by atoms with E-state index < -0.39 is 12.0 Å². The van der Waals surface area contributed by atoms with E-state index in [1.807, 2.05) is 18.7 Å². The highest BCUT2D eigenvalue weighted by Crippen LogP contribution is 2.44. The molecule has 25 heavy (non-hydrogen) atoms. The van der Waals surface area contributed by atoms with Gasteiger partial charge in [-0.05, 0) is 44.8 Å². The topological polar surface area (TPSA) is 88.1 Å². The molecule has 1 atom stereocenters. The van der Waals surface area contributed by atoms with Gasteiger partial charge in [-0.2, -0.15) is 4.91 Å². The third-order valence-electron chi connectivity index (χ3n) is 4.37. The number of nitrogens with zero attached hydrogens (tertiary/aromatic N) is 2. The Bertz CT molecular complexity index is 640. The zero-order valence-electron chi connectivity index (χ0n) is 15.0. The Labute approximate surface area is 151 Å². The van der Waals surface area contributed by atoms with Crippen molar-refractivity contribution in [3.63, 3.8) is 0 Å². The number of nitroso groups, excluding NO2 is 1. The Morgan fingerprint density at radius 3 is 2.64 bits per heavy atom. The highest BCUT2D eigenvalue weighted by atomic mass is 32.1. The number of hydrogen-bond acceptors (Lipinski definition) is 7. The monoisotopic (exact) mass is 367 g/mol. The minimum atomic E-state index is -0.454. The van der Waals surface area contributed by atoms with E-state index in [-0.39, 0.29) is 19.1 Å². The smallest absolute Gasteiger partial charge is 0.341 e. The molecule has 0 saturated carbocycles. The van der Waals surface area contributed by atoms with Crippen molar-refractivity contribution in [3.05, 3.63) is 20.9 Å². The predicted molar refractivity (Wildman–Crippen MR) is 98.2 cm³/mol. The number of carbonyl (C=O) groups is 2. The average molecular weight is 367 g/mol. The van der Waals surface area contributed by atoms with Crippen LogP contribution in [0.15, 0.2) is 5.18 Å². The number of hydrogen-bond donors (Lipinski definition) is 1. The van der Waals surface area contributed by atoms with Gasteiger partial charge in [0, 0.05) is 4.88 Å². The van der Waals surface area contributed by atoms with Gasteiger partial charge in [0.05, 0.1) is 18.7 Å². The summed E-state index contributed by atoms with van der Waals surface area (Å²) in [4.78, 5) is 38.7. The molecule has 8 heteroatoms. The molecule has 138 valence electrons. The number of ether oxygens (including phenoxy) is 1. The van der Waals surface area contributed by atoms with Crippen LogP contribution >= 0.6 is 11.3 Å². The molecule has 0 aromatic carbocycles. The second-order valence-electron chi connectivity index (χ2n) is 5.89. The molecule has 1 aromatic rings. The highest BCUT2D eigenvalue weighted by Gasteiger charge is 2.32. The van der Waals surface area contributed by atoms with E-state index in [0.717, 1.165) is 30.0 Å². The summed E-state index contributed by atoms with van der Waals surface area (Å²) in [6.07, 6.45) is 2.16. The minimum Gasteiger partial charge on any atom is -0.462 e. The summed E-state index contributed by atoms with van der Waals surface area (Å²) >= 11 is 1.27. The van der Waals surface area contributed by atoms with Crippen molar-refractivity contribution in [2.45, 2.75) is 46.1 Å². The fourth-order valence-electron chi connectivity index (χ4n) is 3.03. The molecule has 0 aliphatic heterocycles. The summed E-state index contributed by atoms with van der Waals surface area (Å²) in [5.41, 5.74) is 1.19. The lowest BCUT2D eigenvalue weighted by atomic mass is 9.92. The molecule has 1 amide bonds. The van der Waals surface area contributed by atoms with Crippen molar-refractivity contribution >= 4 is 28.2 Å². The van der Waals surface area contributed by atoms with E-state index in [4.69, 9.17) is 4.74 Å². The van der Waals surface area contributed by atoms with Gasteiger partial charge in [0.25, 0.3) is 0 Å². The third kappa shape index (κ3) is 4.43. The molecule has 0 spiro atoms. The SMILES string of the molecule is CCOC(=O)c1c(NC(=O)CN(CC)CC)sc2c1CCCC2N=O. The number of rotatable bonds is 8. The van der Waals surface area contributed by atoms with Crippen LogP contribution in [0.1, 0.15) is 60.5 Å². The molecule has 2 rings (SSSR count). The number of anilines is 1. The summed E-state index contributed by atoms with van der Waals surface area (Å²) < 4.78 is 5.16. The zero-order valence-corrected chi connectivity index (χ0v) is 15.8. The second kappa shape index (κ2) is 9.05. The lowest BCUT2D eigenvalue weighted by Crippen LogP contribution is -2.33. The van der Waals surface area contributed by atoms with Gasteiger partial charge in [-0.1, -0.05) is 19.0 Å². The molecule has 1 heterocycles. The van der Waals surface area contributed by atoms with Gasteiger partial charge in [-0.25, -0.2) is 4.79 Å². The minimum absolute atomic E-state index is 0.177. The van der Waals surface area contributed by atoms with Crippen molar-refractivity contribution in [2.75, 3.05) is 31.6 Å². The first-order chi connectivity index (χ1) is 12.0. The third-order valence-corrected chi connectivity index (χ3v) is 5.62. The molecule has 0 radical (unpaired) electrons. The van der Waals surface area contributed by atoms with E-state index in [1.165, 1.54) is 11.3 Å². The van der Waals surface area contributed by atoms with E-state index >= 15 is 0 Å². The second-order valence-corrected chi connectivity index (χ2v) is 6.94. The standard InChI is InChI=1S/C17H25N3O4S/c1-4-20(5-2)10-13(21)18-16-14(17(22)24-6-3)11-8-7-9-12(19-23)15(11)25-16/h12H,4-10H2,1-3H3,(H,18,21). The predicted octanol–water partition coefficient (Wildman–Crippen LogP) is 3.35. The van der Waals surface area contributed by atoms with Gasteiger partial charge in [0.15, 0.2) is 0 Å². The number of thiophene rings is 1. The Balaban J connectivity index is 2.32. The number of esters is 1. The van der Waals surface area contributed by atoms with Gasteiger partial charge in [-0.15, -0.1) is 11.3 Å². The Morgan fingerprint density at radius 2 is 2.04 bits per heavy atom.